The van der Waals surface area contributed by atoms with Crippen LogP contribution in [-0.4, -0.2) is 40.8 Å². The van der Waals surface area contributed by atoms with Crippen LogP contribution in [0.4, 0.5) is 0 Å². The summed E-state index contributed by atoms with van der Waals surface area (Å²) >= 11 is 0. The number of hydrogen-bond donors (Lipinski definition) is 1. The van der Waals surface area contributed by atoms with E-state index >= 15 is 0 Å². The van der Waals surface area contributed by atoms with Crippen LogP contribution in [0.1, 0.15) is 75.1 Å². The van der Waals surface area contributed by atoms with Crippen LogP contribution < -0.4 is 5.32 Å². The SMILES string of the molecule is CC(=O)Cc1cn2c(C(=O)NCC(CC(C)C)c3ccccc3)cccc2n1.CCCOCC. The van der Waals surface area contributed by atoms with Gasteiger partial charge < -0.3 is 10.1 Å². The van der Waals surface area contributed by atoms with E-state index in [-0.39, 0.29) is 24.0 Å². The number of aromatic nitrogens is 2. The first-order valence-corrected chi connectivity index (χ1v) is 12.2. The maximum atomic E-state index is 12.9. The van der Waals surface area contributed by atoms with Crippen molar-refractivity contribution in [1.82, 2.24) is 14.7 Å². The lowest BCUT2D eigenvalue weighted by Crippen LogP contribution is -2.30. The van der Waals surface area contributed by atoms with Crippen molar-refractivity contribution in [1.29, 1.82) is 0 Å². The van der Waals surface area contributed by atoms with Crippen molar-refractivity contribution in [2.24, 2.45) is 5.92 Å². The van der Waals surface area contributed by atoms with Crippen molar-refractivity contribution in [2.75, 3.05) is 19.8 Å². The molecule has 0 bridgehead atoms. The topological polar surface area (TPSA) is 72.7 Å². The fourth-order valence-corrected chi connectivity index (χ4v) is 3.81. The Morgan fingerprint density at radius 2 is 1.79 bits per heavy atom. The average Bonchev–Trinajstić information content (AvgIpc) is 3.22. The minimum Gasteiger partial charge on any atom is -0.382 e. The lowest BCUT2D eigenvalue weighted by atomic mass is 9.90. The van der Waals surface area contributed by atoms with Gasteiger partial charge in [0.15, 0.2) is 0 Å². The molecule has 1 N–H and O–H groups in total. The number of nitrogens with zero attached hydrogens (tertiary/aromatic N) is 2. The zero-order valence-corrected chi connectivity index (χ0v) is 21.2. The lowest BCUT2D eigenvalue weighted by Gasteiger charge is -2.20. The molecule has 1 amide bonds. The molecule has 2 aromatic heterocycles. The molecule has 34 heavy (non-hydrogen) atoms. The zero-order valence-electron chi connectivity index (χ0n) is 21.2. The number of imidazole rings is 1. The Morgan fingerprint density at radius 3 is 2.38 bits per heavy atom. The molecule has 6 nitrogen and oxygen atoms in total. The van der Waals surface area contributed by atoms with Gasteiger partial charge in [0.05, 0.1) is 5.69 Å². The molecule has 3 rings (SSSR count). The Bertz CT molecular complexity index is 1020. The number of carbonyl (C=O) groups is 2. The Labute approximate surface area is 203 Å². The minimum absolute atomic E-state index is 0.0498. The van der Waals surface area contributed by atoms with Gasteiger partial charge in [-0.2, -0.15) is 0 Å². The molecule has 1 unspecified atom stereocenters. The number of fused-ring (bicyclic) bond motifs is 1. The molecule has 3 aromatic rings. The van der Waals surface area contributed by atoms with Crippen molar-refractivity contribution in [3.05, 3.63) is 71.7 Å². The third-order valence-corrected chi connectivity index (χ3v) is 5.29. The first-order chi connectivity index (χ1) is 16.3. The van der Waals surface area contributed by atoms with Gasteiger partial charge in [-0.15, -0.1) is 0 Å². The highest BCUT2D eigenvalue weighted by Crippen LogP contribution is 2.23. The number of Topliss-reactive ketones (excluding diaryl/α,β-unsaturated/α-hetero) is 1. The third-order valence-electron chi connectivity index (χ3n) is 5.29. The molecule has 0 fully saturated rings. The van der Waals surface area contributed by atoms with Crippen molar-refractivity contribution in [3.63, 3.8) is 0 Å². The van der Waals surface area contributed by atoms with Crippen LogP contribution in [0, 0.1) is 5.92 Å². The highest BCUT2D eigenvalue weighted by Gasteiger charge is 2.17. The quantitative estimate of drug-likeness (QED) is 0.382. The van der Waals surface area contributed by atoms with E-state index in [0.29, 0.717) is 29.5 Å². The van der Waals surface area contributed by atoms with Gasteiger partial charge in [-0.1, -0.05) is 57.2 Å². The molecule has 0 spiro atoms. The summed E-state index contributed by atoms with van der Waals surface area (Å²) < 4.78 is 6.74. The number of pyridine rings is 1. The number of ketones is 1. The first-order valence-electron chi connectivity index (χ1n) is 12.2. The summed E-state index contributed by atoms with van der Waals surface area (Å²) in [5.41, 5.74) is 3.11. The van der Waals surface area contributed by atoms with E-state index in [4.69, 9.17) is 4.74 Å². The van der Waals surface area contributed by atoms with E-state index in [1.165, 1.54) is 12.5 Å². The number of amides is 1. The van der Waals surface area contributed by atoms with E-state index in [1.54, 1.807) is 16.7 Å². The summed E-state index contributed by atoms with van der Waals surface area (Å²) in [6, 6.07) is 15.7. The van der Waals surface area contributed by atoms with Gasteiger partial charge >= 0.3 is 0 Å². The van der Waals surface area contributed by atoms with E-state index in [9.17, 15) is 9.59 Å². The minimum atomic E-state index is -0.137. The summed E-state index contributed by atoms with van der Waals surface area (Å²) in [6.07, 6.45) is 4.18. The van der Waals surface area contributed by atoms with Gasteiger partial charge in [0.1, 0.15) is 17.1 Å². The molecule has 0 radical (unpaired) electrons. The zero-order chi connectivity index (χ0) is 24.9. The molecular weight excluding hydrogens is 426 g/mol. The predicted molar refractivity (Wildman–Crippen MR) is 137 cm³/mol. The monoisotopic (exact) mass is 465 g/mol. The molecule has 2 heterocycles. The van der Waals surface area contributed by atoms with E-state index in [1.807, 2.05) is 37.3 Å². The van der Waals surface area contributed by atoms with Crippen LogP contribution in [0.2, 0.25) is 0 Å². The Morgan fingerprint density at radius 1 is 1.06 bits per heavy atom. The fourth-order valence-electron chi connectivity index (χ4n) is 3.81. The fraction of sp³-hybridized carbons (Fsp3) is 0.464. The molecular formula is C28H39N3O3. The van der Waals surface area contributed by atoms with E-state index in [2.05, 4.69) is 43.2 Å². The molecule has 0 saturated heterocycles. The number of ether oxygens (including phenoxy) is 1. The summed E-state index contributed by atoms with van der Waals surface area (Å²) in [5, 5.41) is 3.09. The van der Waals surface area contributed by atoms with Crippen LogP contribution in [0.15, 0.2) is 54.7 Å². The maximum absolute atomic E-state index is 12.9. The molecule has 0 aliphatic rings. The second-order valence-corrected chi connectivity index (χ2v) is 8.89. The van der Waals surface area contributed by atoms with E-state index < -0.39 is 0 Å². The molecule has 1 aromatic carbocycles. The van der Waals surface area contributed by atoms with Crippen LogP contribution >= 0.6 is 0 Å². The van der Waals surface area contributed by atoms with Gasteiger partial charge in [-0.05, 0) is 50.3 Å². The Hall–Kier alpha value is -2.99. The third kappa shape index (κ3) is 8.75. The normalized spacial score (nSPS) is 11.7. The van der Waals surface area contributed by atoms with Gasteiger partial charge in [0.2, 0.25) is 0 Å². The highest BCUT2D eigenvalue weighted by molar-refractivity contribution is 5.93. The van der Waals surface area contributed by atoms with Crippen LogP contribution in [0.3, 0.4) is 0 Å². The second-order valence-electron chi connectivity index (χ2n) is 8.89. The highest BCUT2D eigenvalue weighted by atomic mass is 16.5. The maximum Gasteiger partial charge on any atom is 0.268 e. The van der Waals surface area contributed by atoms with Crippen LogP contribution in [0.5, 0.6) is 0 Å². The number of nitrogens with one attached hydrogen (secondary N) is 1. The molecule has 0 aliphatic heterocycles. The summed E-state index contributed by atoms with van der Waals surface area (Å²) in [6.45, 7) is 12.4. The predicted octanol–water partition coefficient (Wildman–Crippen LogP) is 5.46. The summed E-state index contributed by atoms with van der Waals surface area (Å²) in [7, 11) is 0. The number of hydrogen-bond acceptors (Lipinski definition) is 4. The molecule has 184 valence electrons. The van der Waals surface area contributed by atoms with Gasteiger partial charge in [-0.3, -0.25) is 14.0 Å². The number of carbonyl (C=O) groups excluding carboxylic acids is 2. The first kappa shape index (κ1) is 27.3. The Balaban J connectivity index is 0.000000604. The average molecular weight is 466 g/mol. The van der Waals surface area contributed by atoms with Gasteiger partial charge in [0, 0.05) is 38.3 Å². The van der Waals surface area contributed by atoms with Crippen molar-refractivity contribution < 1.29 is 14.3 Å². The van der Waals surface area contributed by atoms with Crippen LogP contribution in [0.25, 0.3) is 5.65 Å². The summed E-state index contributed by atoms with van der Waals surface area (Å²) in [4.78, 5) is 28.7. The smallest absolute Gasteiger partial charge is 0.268 e. The number of rotatable bonds is 11. The largest absolute Gasteiger partial charge is 0.382 e. The summed E-state index contributed by atoms with van der Waals surface area (Å²) in [5.74, 6) is 0.713. The lowest BCUT2D eigenvalue weighted by molar-refractivity contribution is -0.116. The van der Waals surface area contributed by atoms with Crippen molar-refractivity contribution in [3.8, 4) is 0 Å². The second kappa shape index (κ2) is 14.3. The van der Waals surface area contributed by atoms with Crippen LogP contribution in [-0.2, 0) is 16.0 Å². The van der Waals surface area contributed by atoms with Crippen molar-refractivity contribution >= 4 is 17.3 Å². The van der Waals surface area contributed by atoms with Gasteiger partial charge in [-0.25, -0.2) is 4.98 Å². The molecule has 0 aliphatic carbocycles. The Kier molecular flexibility index (Phi) is 11.5. The molecule has 6 heteroatoms. The molecule has 0 saturated carbocycles. The van der Waals surface area contributed by atoms with E-state index in [0.717, 1.165) is 26.1 Å². The van der Waals surface area contributed by atoms with Crippen molar-refractivity contribution in [2.45, 2.75) is 59.8 Å². The van der Waals surface area contributed by atoms with Gasteiger partial charge in [0.25, 0.3) is 5.91 Å². The standard InChI is InChI=1S/C23H27N3O2.C5H12O/c1-16(2)12-19(18-8-5-4-6-9-18)14-24-23(28)21-10-7-11-22-25-20(13-17(3)27)15-26(21)22;1-3-5-6-4-2/h4-11,15-16,19H,12-14H2,1-3H3,(H,24,28);3-5H2,1-2H3. The molecule has 1 atom stereocenters. The number of benzene rings is 1.